The number of rotatable bonds is 6. The summed E-state index contributed by atoms with van der Waals surface area (Å²) in [5.41, 5.74) is 1.04. The van der Waals surface area contributed by atoms with Gasteiger partial charge in [-0.2, -0.15) is 0 Å². The van der Waals surface area contributed by atoms with Crippen LogP contribution in [0.2, 0.25) is 0 Å². The lowest BCUT2D eigenvalue weighted by molar-refractivity contribution is -0.139. The predicted octanol–water partition coefficient (Wildman–Crippen LogP) is 3.72. The fourth-order valence-electron chi connectivity index (χ4n) is 5.36. The van der Waals surface area contributed by atoms with Crippen molar-refractivity contribution >= 4 is 35.1 Å². The van der Waals surface area contributed by atoms with E-state index in [2.05, 4.69) is 0 Å². The second kappa shape index (κ2) is 9.52. The van der Waals surface area contributed by atoms with Gasteiger partial charge in [0.2, 0.25) is 17.7 Å². The molecule has 0 radical (unpaired) electrons. The lowest BCUT2D eigenvalue weighted by atomic mass is 9.81. The largest absolute Gasteiger partial charge is 0.492 e. The lowest BCUT2D eigenvalue weighted by Gasteiger charge is -2.20. The molecule has 2 aliphatic heterocycles. The van der Waals surface area contributed by atoms with Crippen molar-refractivity contribution in [3.63, 3.8) is 0 Å². The molecule has 2 aromatic carbocycles. The summed E-state index contributed by atoms with van der Waals surface area (Å²) in [5, 5.41) is 0. The summed E-state index contributed by atoms with van der Waals surface area (Å²) in [5.74, 6) is -1.37. The number of imide groups is 1. The molecule has 0 N–H and O–H groups in total. The van der Waals surface area contributed by atoms with Crippen LogP contribution in [-0.2, 0) is 19.2 Å². The molecule has 8 heteroatoms. The van der Waals surface area contributed by atoms with Gasteiger partial charge in [-0.3, -0.25) is 19.2 Å². The highest BCUT2D eigenvalue weighted by atomic mass is 16.5. The molecular formula is C27H28N2O6. The maximum absolute atomic E-state index is 12.9. The van der Waals surface area contributed by atoms with E-state index in [-0.39, 0.29) is 48.3 Å². The maximum Gasteiger partial charge on any atom is 0.316 e. The number of carbonyl (C=O) groups excluding carboxylic acids is 4. The molecule has 1 saturated carbocycles. The van der Waals surface area contributed by atoms with Crippen molar-refractivity contribution in [1.29, 1.82) is 0 Å². The van der Waals surface area contributed by atoms with Gasteiger partial charge in [-0.15, -0.1) is 0 Å². The second-order valence-corrected chi connectivity index (χ2v) is 9.23. The molecule has 3 amide bonds. The monoisotopic (exact) mass is 476 g/mol. The van der Waals surface area contributed by atoms with E-state index in [1.54, 1.807) is 41.3 Å². The Morgan fingerprint density at radius 3 is 2.40 bits per heavy atom. The normalized spacial score (nSPS) is 24.0. The number of hydrogen-bond donors (Lipinski definition) is 0. The second-order valence-electron chi connectivity index (χ2n) is 9.23. The van der Waals surface area contributed by atoms with Crippen LogP contribution in [0.15, 0.2) is 48.5 Å². The van der Waals surface area contributed by atoms with Crippen LogP contribution in [0.3, 0.4) is 0 Å². The number of ether oxygens (including phenoxy) is 2. The topological polar surface area (TPSA) is 93.2 Å². The van der Waals surface area contributed by atoms with Gasteiger partial charge < -0.3 is 14.4 Å². The zero-order valence-corrected chi connectivity index (χ0v) is 19.6. The summed E-state index contributed by atoms with van der Waals surface area (Å²) < 4.78 is 11.2. The summed E-state index contributed by atoms with van der Waals surface area (Å²) in [4.78, 5) is 54.3. The van der Waals surface area contributed by atoms with Crippen molar-refractivity contribution < 1.29 is 28.7 Å². The number of benzene rings is 2. The third kappa shape index (κ3) is 4.29. The van der Waals surface area contributed by atoms with Gasteiger partial charge in [0.15, 0.2) is 0 Å². The maximum atomic E-state index is 12.9. The van der Waals surface area contributed by atoms with Gasteiger partial charge in [0.05, 0.1) is 35.7 Å². The quantitative estimate of drug-likeness (QED) is 0.358. The smallest absolute Gasteiger partial charge is 0.316 e. The van der Waals surface area contributed by atoms with Gasteiger partial charge >= 0.3 is 5.97 Å². The first kappa shape index (κ1) is 23.1. The van der Waals surface area contributed by atoms with E-state index >= 15 is 0 Å². The van der Waals surface area contributed by atoms with E-state index in [1.165, 1.54) is 4.90 Å². The van der Waals surface area contributed by atoms with Gasteiger partial charge in [0, 0.05) is 19.0 Å². The molecule has 3 atom stereocenters. The molecule has 35 heavy (non-hydrogen) atoms. The minimum atomic E-state index is -0.640. The van der Waals surface area contributed by atoms with Gasteiger partial charge in [-0.25, -0.2) is 4.90 Å². The van der Waals surface area contributed by atoms with E-state index in [0.29, 0.717) is 23.7 Å². The van der Waals surface area contributed by atoms with Crippen LogP contribution < -0.4 is 19.3 Å². The zero-order valence-electron chi connectivity index (χ0n) is 19.6. The highest BCUT2D eigenvalue weighted by Gasteiger charge is 2.48. The average Bonchev–Trinajstić information content (AvgIpc) is 3.37. The average molecular weight is 477 g/mol. The van der Waals surface area contributed by atoms with Crippen molar-refractivity contribution in [2.45, 2.75) is 39.0 Å². The van der Waals surface area contributed by atoms with E-state index in [0.717, 1.165) is 25.7 Å². The molecule has 182 valence electrons. The van der Waals surface area contributed by atoms with Crippen LogP contribution in [-0.4, -0.2) is 36.8 Å². The Hall–Kier alpha value is -3.68. The Labute approximate surface area is 203 Å². The summed E-state index contributed by atoms with van der Waals surface area (Å²) in [6, 6.07) is 13.7. The van der Waals surface area contributed by atoms with Crippen molar-refractivity contribution in [3.05, 3.63) is 48.5 Å². The Morgan fingerprint density at radius 1 is 0.971 bits per heavy atom. The van der Waals surface area contributed by atoms with Crippen LogP contribution in [0.4, 0.5) is 11.4 Å². The minimum absolute atomic E-state index is 0.0332. The Kier molecular flexibility index (Phi) is 6.28. The lowest BCUT2D eigenvalue weighted by Crippen LogP contribution is -2.31. The first-order valence-electron chi connectivity index (χ1n) is 12.2. The highest BCUT2D eigenvalue weighted by Crippen LogP contribution is 2.41. The number of para-hydroxylation sites is 2. The van der Waals surface area contributed by atoms with Crippen LogP contribution in [0.25, 0.3) is 0 Å². The number of anilines is 2. The molecule has 2 aromatic rings. The van der Waals surface area contributed by atoms with Gasteiger partial charge in [0.25, 0.3) is 0 Å². The molecular weight excluding hydrogens is 448 g/mol. The van der Waals surface area contributed by atoms with E-state index in [1.807, 2.05) is 19.1 Å². The standard InChI is InChI=1S/C27H28N2O6/c1-2-34-23-13-6-5-12-22(23)28-16-17(14-24(28)30)27(33)35-19-9-7-8-18(15-19)29-25(31)20-10-3-4-11-21(20)26(29)32/h5-9,12-13,15,17,20-21H,2-4,10-11,14,16H2,1H3/t17-,20+,21+/m1/s1. The Balaban J connectivity index is 1.29. The number of fused-ring (bicyclic) bond motifs is 1. The van der Waals surface area contributed by atoms with Gasteiger partial charge in [-0.1, -0.05) is 31.0 Å². The molecule has 0 spiro atoms. The fraction of sp³-hybridized carbons (Fsp3) is 0.407. The summed E-state index contributed by atoms with van der Waals surface area (Å²) in [6.07, 6.45) is 3.42. The Bertz CT molecular complexity index is 1150. The van der Waals surface area contributed by atoms with Crippen LogP contribution in [0.1, 0.15) is 39.0 Å². The molecule has 0 unspecified atom stereocenters. The first-order valence-corrected chi connectivity index (χ1v) is 12.2. The molecule has 2 saturated heterocycles. The molecule has 8 nitrogen and oxygen atoms in total. The first-order chi connectivity index (χ1) is 17.0. The summed E-state index contributed by atoms with van der Waals surface area (Å²) in [7, 11) is 0. The molecule has 2 heterocycles. The number of hydrogen-bond acceptors (Lipinski definition) is 6. The highest BCUT2D eigenvalue weighted by molar-refractivity contribution is 6.22. The van der Waals surface area contributed by atoms with Crippen molar-refractivity contribution in [2.75, 3.05) is 23.0 Å². The third-order valence-corrected chi connectivity index (χ3v) is 7.05. The fourth-order valence-corrected chi connectivity index (χ4v) is 5.36. The molecule has 1 aliphatic carbocycles. The third-order valence-electron chi connectivity index (χ3n) is 7.05. The van der Waals surface area contributed by atoms with Gasteiger partial charge in [0.1, 0.15) is 11.5 Å². The van der Waals surface area contributed by atoms with Crippen molar-refractivity contribution in [3.8, 4) is 11.5 Å². The van der Waals surface area contributed by atoms with Crippen LogP contribution >= 0.6 is 0 Å². The number of amides is 3. The van der Waals surface area contributed by atoms with E-state index in [4.69, 9.17) is 9.47 Å². The van der Waals surface area contributed by atoms with Crippen molar-refractivity contribution in [2.24, 2.45) is 17.8 Å². The van der Waals surface area contributed by atoms with Crippen LogP contribution in [0, 0.1) is 17.8 Å². The number of esters is 1. The molecule has 3 fully saturated rings. The molecule has 0 aromatic heterocycles. The molecule has 3 aliphatic rings. The Morgan fingerprint density at radius 2 is 1.69 bits per heavy atom. The molecule has 5 rings (SSSR count). The van der Waals surface area contributed by atoms with E-state index < -0.39 is 11.9 Å². The van der Waals surface area contributed by atoms with E-state index in [9.17, 15) is 19.2 Å². The SMILES string of the molecule is CCOc1ccccc1N1C[C@H](C(=O)Oc2cccc(N3C(=O)[C@H]4CCCC[C@@H]4C3=O)c2)CC1=O. The predicted molar refractivity (Wildman–Crippen MR) is 128 cm³/mol. The number of carbonyl (C=O) groups is 4. The van der Waals surface area contributed by atoms with Crippen LogP contribution in [0.5, 0.6) is 11.5 Å². The van der Waals surface area contributed by atoms with Crippen molar-refractivity contribution in [1.82, 2.24) is 0 Å². The summed E-state index contributed by atoms with van der Waals surface area (Å²) >= 11 is 0. The minimum Gasteiger partial charge on any atom is -0.492 e. The van der Waals surface area contributed by atoms with Gasteiger partial charge in [-0.05, 0) is 44.0 Å². The molecule has 0 bridgehead atoms. The zero-order chi connectivity index (χ0) is 24.5. The summed E-state index contributed by atoms with van der Waals surface area (Å²) in [6.45, 7) is 2.52. The number of nitrogens with zero attached hydrogens (tertiary/aromatic N) is 2.